The van der Waals surface area contributed by atoms with Crippen molar-refractivity contribution in [1.29, 1.82) is 0 Å². The molecule has 3 N–H and O–H groups in total. The number of nitrogens with one attached hydrogen (secondary N) is 2. The number of aromatic nitrogens is 1. The molecule has 0 radical (unpaired) electrons. The van der Waals surface area contributed by atoms with Gasteiger partial charge in [-0.05, 0) is 12.1 Å². The van der Waals surface area contributed by atoms with Crippen molar-refractivity contribution in [3.8, 4) is 0 Å². The van der Waals surface area contributed by atoms with Gasteiger partial charge in [0.15, 0.2) is 0 Å². The van der Waals surface area contributed by atoms with Gasteiger partial charge >= 0.3 is 12.0 Å². The summed E-state index contributed by atoms with van der Waals surface area (Å²) in [5.41, 5.74) is 0.164. The fourth-order valence-electron chi connectivity index (χ4n) is 1.18. The van der Waals surface area contributed by atoms with E-state index in [-0.39, 0.29) is 18.8 Å². The van der Waals surface area contributed by atoms with Crippen LogP contribution in [0.2, 0.25) is 0 Å². The van der Waals surface area contributed by atoms with Crippen LogP contribution in [0.3, 0.4) is 0 Å². The van der Waals surface area contributed by atoms with Crippen molar-refractivity contribution in [2.45, 2.75) is 6.43 Å². The van der Waals surface area contributed by atoms with Gasteiger partial charge in [-0.2, -0.15) is 0 Å². The lowest BCUT2D eigenvalue weighted by Crippen LogP contribution is -2.32. The third-order valence-electron chi connectivity index (χ3n) is 2.02. The summed E-state index contributed by atoms with van der Waals surface area (Å²) in [6, 6.07) is 2.04. The Kier molecular flexibility index (Phi) is 6.30. The minimum Gasteiger partial charge on any atom is -0.477 e. The van der Waals surface area contributed by atoms with E-state index in [0.29, 0.717) is 5.69 Å². The molecule has 0 aliphatic rings. The van der Waals surface area contributed by atoms with Crippen LogP contribution in [0.4, 0.5) is 19.3 Å². The average molecular weight is 289 g/mol. The Morgan fingerprint density at radius 2 is 2.15 bits per heavy atom. The van der Waals surface area contributed by atoms with Gasteiger partial charge in [-0.3, -0.25) is 0 Å². The van der Waals surface area contributed by atoms with Gasteiger partial charge in [0.1, 0.15) is 12.3 Å². The molecule has 0 saturated carbocycles. The van der Waals surface area contributed by atoms with Crippen molar-refractivity contribution in [2.24, 2.45) is 0 Å². The zero-order chi connectivity index (χ0) is 15.0. The number of carboxylic acids is 1. The summed E-state index contributed by atoms with van der Waals surface area (Å²) in [6.45, 7) is -0.642. The molecule has 9 heteroatoms. The highest BCUT2D eigenvalue weighted by molar-refractivity contribution is 5.90. The zero-order valence-corrected chi connectivity index (χ0v) is 10.3. The number of carboxylic acid groups (broad SMARTS) is 1. The number of urea groups is 1. The number of rotatable bonds is 7. The third kappa shape index (κ3) is 6.05. The molecule has 0 bridgehead atoms. The second-order valence-electron chi connectivity index (χ2n) is 3.58. The highest BCUT2D eigenvalue weighted by atomic mass is 19.3. The fourth-order valence-corrected chi connectivity index (χ4v) is 1.18. The number of anilines is 1. The summed E-state index contributed by atoms with van der Waals surface area (Å²) in [5.74, 6) is -1.17. The summed E-state index contributed by atoms with van der Waals surface area (Å²) < 4.78 is 28.0. The minimum atomic E-state index is -2.54. The first-order chi connectivity index (χ1) is 9.49. The maximum absolute atomic E-state index is 11.7. The maximum Gasteiger partial charge on any atom is 0.354 e. The number of alkyl halides is 2. The van der Waals surface area contributed by atoms with Crippen LogP contribution < -0.4 is 10.6 Å². The van der Waals surface area contributed by atoms with Crippen molar-refractivity contribution >= 4 is 17.7 Å². The molecule has 0 aromatic carbocycles. The zero-order valence-electron chi connectivity index (χ0n) is 10.3. The van der Waals surface area contributed by atoms with Gasteiger partial charge in [-0.15, -0.1) is 0 Å². The molecule has 0 fully saturated rings. The van der Waals surface area contributed by atoms with Crippen LogP contribution in [0, 0.1) is 0 Å². The summed E-state index contributed by atoms with van der Waals surface area (Å²) in [7, 11) is 0. The third-order valence-corrected chi connectivity index (χ3v) is 2.02. The number of carbonyl (C=O) groups excluding carboxylic acids is 1. The van der Waals surface area contributed by atoms with Gasteiger partial charge in [0.25, 0.3) is 6.43 Å². The second kappa shape index (κ2) is 8.00. The Balaban J connectivity index is 2.26. The van der Waals surface area contributed by atoms with Gasteiger partial charge in [0.05, 0.1) is 18.5 Å². The molecule has 0 saturated heterocycles. The smallest absolute Gasteiger partial charge is 0.354 e. The number of carbonyl (C=O) groups is 2. The average Bonchev–Trinajstić information content (AvgIpc) is 2.38. The number of hydrogen-bond donors (Lipinski definition) is 3. The number of pyridine rings is 1. The fraction of sp³-hybridized carbons (Fsp3) is 0.364. The molecule has 7 nitrogen and oxygen atoms in total. The van der Waals surface area contributed by atoms with Gasteiger partial charge in [-0.1, -0.05) is 0 Å². The molecule has 2 amide bonds. The van der Waals surface area contributed by atoms with Crippen molar-refractivity contribution < 1.29 is 28.2 Å². The first-order valence-electron chi connectivity index (χ1n) is 5.59. The number of aromatic carboxylic acids is 1. The number of ether oxygens (including phenoxy) is 1. The number of hydrogen-bond acceptors (Lipinski definition) is 4. The van der Waals surface area contributed by atoms with Crippen LogP contribution in [-0.4, -0.2) is 48.3 Å². The molecule has 0 aliphatic carbocycles. The SMILES string of the molecule is O=C(NCCOCC(F)F)Nc1ccc(C(=O)O)nc1. The van der Waals surface area contributed by atoms with E-state index < -0.39 is 25.0 Å². The molecule has 0 aliphatic heterocycles. The molecule has 20 heavy (non-hydrogen) atoms. The lowest BCUT2D eigenvalue weighted by molar-refractivity contribution is 0.0194. The number of nitrogens with zero attached hydrogens (tertiary/aromatic N) is 1. The Morgan fingerprint density at radius 3 is 2.70 bits per heavy atom. The lowest BCUT2D eigenvalue weighted by atomic mass is 10.3. The lowest BCUT2D eigenvalue weighted by Gasteiger charge is -2.08. The Morgan fingerprint density at radius 1 is 1.40 bits per heavy atom. The summed E-state index contributed by atoms with van der Waals surface area (Å²) >= 11 is 0. The van der Waals surface area contributed by atoms with E-state index in [2.05, 4.69) is 20.4 Å². The van der Waals surface area contributed by atoms with Crippen LogP contribution in [0.5, 0.6) is 0 Å². The van der Waals surface area contributed by atoms with Gasteiger partial charge in [0, 0.05) is 6.54 Å². The number of halogens is 2. The van der Waals surface area contributed by atoms with E-state index in [1.165, 1.54) is 18.3 Å². The molecule has 110 valence electrons. The van der Waals surface area contributed by atoms with Crippen LogP contribution >= 0.6 is 0 Å². The minimum absolute atomic E-state index is 0.0338. The van der Waals surface area contributed by atoms with E-state index >= 15 is 0 Å². The summed E-state index contributed by atoms with van der Waals surface area (Å²) in [4.78, 5) is 25.5. The monoisotopic (exact) mass is 289 g/mol. The first kappa shape index (κ1) is 15.8. The maximum atomic E-state index is 11.7. The topological polar surface area (TPSA) is 101 Å². The Hall–Kier alpha value is -2.29. The van der Waals surface area contributed by atoms with E-state index in [1.807, 2.05) is 0 Å². The van der Waals surface area contributed by atoms with Crippen LogP contribution in [0.25, 0.3) is 0 Å². The molecular weight excluding hydrogens is 276 g/mol. The first-order valence-corrected chi connectivity index (χ1v) is 5.59. The van der Waals surface area contributed by atoms with Crippen LogP contribution in [0.15, 0.2) is 18.3 Å². The standard InChI is InChI=1S/C11H13F2N3O4/c12-9(13)6-20-4-3-14-11(19)16-7-1-2-8(10(17)18)15-5-7/h1-2,5,9H,3-4,6H2,(H,17,18)(H2,14,16,19). The normalized spacial score (nSPS) is 10.3. The van der Waals surface area contributed by atoms with Crippen molar-refractivity contribution in [2.75, 3.05) is 25.1 Å². The molecular formula is C11H13F2N3O4. The summed E-state index contributed by atoms with van der Waals surface area (Å²) in [6.07, 6.45) is -1.35. The number of amides is 2. The van der Waals surface area contributed by atoms with E-state index in [4.69, 9.17) is 5.11 Å². The molecule has 1 heterocycles. The Bertz CT molecular complexity index is 453. The highest BCUT2D eigenvalue weighted by Gasteiger charge is 2.06. The molecule has 0 atom stereocenters. The highest BCUT2D eigenvalue weighted by Crippen LogP contribution is 2.05. The molecule has 1 rings (SSSR count). The van der Waals surface area contributed by atoms with E-state index in [9.17, 15) is 18.4 Å². The van der Waals surface area contributed by atoms with Crippen molar-refractivity contribution in [3.05, 3.63) is 24.0 Å². The van der Waals surface area contributed by atoms with Crippen molar-refractivity contribution in [3.63, 3.8) is 0 Å². The van der Waals surface area contributed by atoms with Gasteiger partial charge in [0.2, 0.25) is 0 Å². The molecule has 1 aromatic heterocycles. The summed E-state index contributed by atoms with van der Waals surface area (Å²) in [5, 5.41) is 13.4. The molecule has 1 aromatic rings. The van der Waals surface area contributed by atoms with Gasteiger partial charge < -0.3 is 20.5 Å². The van der Waals surface area contributed by atoms with Crippen LogP contribution in [0.1, 0.15) is 10.5 Å². The Labute approximate surface area is 113 Å². The van der Waals surface area contributed by atoms with E-state index in [0.717, 1.165) is 0 Å². The largest absolute Gasteiger partial charge is 0.477 e. The van der Waals surface area contributed by atoms with Gasteiger partial charge in [-0.25, -0.2) is 23.4 Å². The van der Waals surface area contributed by atoms with Crippen molar-refractivity contribution in [1.82, 2.24) is 10.3 Å². The predicted molar refractivity (Wildman–Crippen MR) is 65.0 cm³/mol. The van der Waals surface area contributed by atoms with E-state index in [1.54, 1.807) is 0 Å². The molecule has 0 spiro atoms. The van der Waals surface area contributed by atoms with Crippen LogP contribution in [-0.2, 0) is 4.74 Å². The molecule has 0 unspecified atom stereocenters. The second-order valence-corrected chi connectivity index (χ2v) is 3.58. The predicted octanol–water partition coefficient (Wildman–Crippen LogP) is 1.18. The quantitative estimate of drug-likeness (QED) is 0.654.